The maximum Gasteiger partial charge on any atom is 0.253 e. The van der Waals surface area contributed by atoms with Crippen LogP contribution < -0.4 is 5.32 Å². The number of hydrogen-bond acceptors (Lipinski definition) is 4. The van der Waals surface area contributed by atoms with Crippen molar-refractivity contribution in [3.63, 3.8) is 0 Å². The average Bonchev–Trinajstić information content (AvgIpc) is 3.08. The highest BCUT2D eigenvalue weighted by Gasteiger charge is 2.14. The third kappa shape index (κ3) is 3.57. The summed E-state index contributed by atoms with van der Waals surface area (Å²) in [6.07, 6.45) is 1.44. The first-order valence-electron chi connectivity index (χ1n) is 6.69. The van der Waals surface area contributed by atoms with Crippen molar-refractivity contribution in [3.8, 4) is 5.69 Å². The van der Waals surface area contributed by atoms with E-state index in [1.807, 2.05) is 24.3 Å². The summed E-state index contributed by atoms with van der Waals surface area (Å²) in [5.74, 6) is -0.239. The summed E-state index contributed by atoms with van der Waals surface area (Å²) in [4.78, 5) is 12.5. The van der Waals surface area contributed by atoms with Gasteiger partial charge in [0.2, 0.25) is 0 Å². The zero-order chi connectivity index (χ0) is 16.2. The van der Waals surface area contributed by atoms with E-state index in [0.29, 0.717) is 22.8 Å². The van der Waals surface area contributed by atoms with Crippen molar-refractivity contribution in [2.45, 2.75) is 6.54 Å². The molecule has 116 valence electrons. The van der Waals surface area contributed by atoms with Gasteiger partial charge in [-0.1, -0.05) is 45.7 Å². The molecule has 1 aromatic heterocycles. The van der Waals surface area contributed by atoms with Crippen molar-refractivity contribution < 1.29 is 4.79 Å². The Labute approximate surface area is 145 Å². The molecular weight excluding hydrogens is 382 g/mol. The molecule has 0 aliphatic carbocycles. The minimum atomic E-state index is -0.239. The molecule has 0 aliphatic rings. The molecule has 0 fully saturated rings. The van der Waals surface area contributed by atoms with Crippen LogP contribution in [-0.2, 0) is 6.54 Å². The van der Waals surface area contributed by atoms with Crippen molar-refractivity contribution in [1.29, 1.82) is 0 Å². The van der Waals surface area contributed by atoms with Gasteiger partial charge < -0.3 is 5.32 Å². The number of amides is 1. The molecule has 1 N–H and O–H groups in total. The van der Waals surface area contributed by atoms with Gasteiger partial charge in [-0.25, -0.2) is 0 Å². The van der Waals surface area contributed by atoms with E-state index in [9.17, 15) is 4.79 Å². The Morgan fingerprint density at radius 3 is 2.83 bits per heavy atom. The second-order valence-electron chi connectivity index (χ2n) is 4.69. The van der Waals surface area contributed by atoms with Crippen LogP contribution in [0, 0.1) is 0 Å². The summed E-state index contributed by atoms with van der Waals surface area (Å²) >= 11 is 9.48. The SMILES string of the molecule is O=C(NCc1ccccc1Cl)c1cc(Br)ccc1-n1cnnn1. The van der Waals surface area contributed by atoms with Crippen LogP contribution in [-0.4, -0.2) is 26.1 Å². The lowest BCUT2D eigenvalue weighted by atomic mass is 10.1. The lowest BCUT2D eigenvalue weighted by Gasteiger charge is -2.11. The number of nitrogens with zero attached hydrogens (tertiary/aromatic N) is 4. The molecule has 23 heavy (non-hydrogen) atoms. The number of nitrogens with one attached hydrogen (secondary N) is 1. The van der Waals surface area contributed by atoms with Crippen molar-refractivity contribution >= 4 is 33.4 Å². The molecule has 0 saturated heterocycles. The minimum Gasteiger partial charge on any atom is -0.348 e. The first kappa shape index (κ1) is 15.6. The van der Waals surface area contributed by atoms with Crippen LogP contribution in [0.25, 0.3) is 5.69 Å². The van der Waals surface area contributed by atoms with E-state index >= 15 is 0 Å². The molecule has 0 aliphatic heterocycles. The fraction of sp³-hybridized carbons (Fsp3) is 0.0667. The van der Waals surface area contributed by atoms with Gasteiger partial charge in [0.15, 0.2) is 0 Å². The van der Waals surface area contributed by atoms with E-state index in [-0.39, 0.29) is 5.91 Å². The second-order valence-corrected chi connectivity index (χ2v) is 6.01. The smallest absolute Gasteiger partial charge is 0.253 e. The van der Waals surface area contributed by atoms with Crippen LogP contribution in [0.4, 0.5) is 0 Å². The third-order valence-electron chi connectivity index (χ3n) is 3.20. The highest BCUT2D eigenvalue weighted by atomic mass is 79.9. The molecule has 3 aromatic rings. The second kappa shape index (κ2) is 6.89. The molecule has 0 atom stereocenters. The molecule has 0 bridgehead atoms. The monoisotopic (exact) mass is 391 g/mol. The summed E-state index contributed by atoms with van der Waals surface area (Å²) in [7, 11) is 0. The number of carbonyl (C=O) groups is 1. The molecule has 0 spiro atoms. The predicted octanol–water partition coefficient (Wildman–Crippen LogP) is 3.01. The van der Waals surface area contributed by atoms with Crippen LogP contribution in [0.5, 0.6) is 0 Å². The van der Waals surface area contributed by atoms with E-state index in [2.05, 4.69) is 36.8 Å². The Kier molecular flexibility index (Phi) is 4.68. The maximum absolute atomic E-state index is 12.5. The van der Waals surface area contributed by atoms with Crippen LogP contribution in [0.3, 0.4) is 0 Å². The van der Waals surface area contributed by atoms with Crippen molar-refractivity contribution in [2.24, 2.45) is 0 Å². The van der Waals surface area contributed by atoms with E-state index in [1.54, 1.807) is 18.2 Å². The van der Waals surface area contributed by atoms with Gasteiger partial charge in [-0.3, -0.25) is 4.79 Å². The predicted molar refractivity (Wildman–Crippen MR) is 89.5 cm³/mol. The lowest BCUT2D eigenvalue weighted by molar-refractivity contribution is 0.0950. The summed E-state index contributed by atoms with van der Waals surface area (Å²) in [5, 5.41) is 14.5. The van der Waals surface area contributed by atoms with E-state index in [0.717, 1.165) is 10.0 Å². The molecule has 1 heterocycles. The zero-order valence-electron chi connectivity index (χ0n) is 11.8. The maximum atomic E-state index is 12.5. The fourth-order valence-electron chi connectivity index (χ4n) is 2.07. The molecule has 0 saturated carbocycles. The van der Waals surface area contributed by atoms with Crippen molar-refractivity contribution in [3.05, 3.63) is 69.4 Å². The van der Waals surface area contributed by atoms with Crippen molar-refractivity contribution in [1.82, 2.24) is 25.5 Å². The Balaban J connectivity index is 1.85. The molecule has 1 amide bonds. The van der Waals surface area contributed by atoms with Crippen LogP contribution in [0.1, 0.15) is 15.9 Å². The summed E-state index contributed by atoms with van der Waals surface area (Å²) in [6.45, 7) is 0.333. The fourth-order valence-corrected chi connectivity index (χ4v) is 2.64. The number of halogens is 2. The number of aromatic nitrogens is 4. The van der Waals surface area contributed by atoms with Gasteiger partial charge in [0.05, 0.1) is 11.3 Å². The van der Waals surface area contributed by atoms with Gasteiger partial charge in [0.25, 0.3) is 5.91 Å². The molecular formula is C15H11BrClN5O. The third-order valence-corrected chi connectivity index (χ3v) is 4.06. The molecule has 8 heteroatoms. The Morgan fingerprint density at radius 1 is 1.26 bits per heavy atom. The first-order chi connectivity index (χ1) is 11.1. The minimum absolute atomic E-state index is 0.239. The van der Waals surface area contributed by atoms with E-state index in [1.165, 1.54) is 11.0 Å². The van der Waals surface area contributed by atoms with Crippen LogP contribution >= 0.6 is 27.5 Å². The van der Waals surface area contributed by atoms with Crippen LogP contribution in [0.2, 0.25) is 5.02 Å². The Bertz CT molecular complexity index is 838. The summed E-state index contributed by atoms with van der Waals surface area (Å²) < 4.78 is 2.23. The molecule has 0 unspecified atom stereocenters. The number of rotatable bonds is 4. The van der Waals surface area contributed by atoms with Gasteiger partial charge in [-0.15, -0.1) is 5.10 Å². The molecule has 3 rings (SSSR count). The molecule has 0 radical (unpaired) electrons. The van der Waals surface area contributed by atoms with Gasteiger partial charge in [0.1, 0.15) is 6.33 Å². The number of benzene rings is 2. The largest absolute Gasteiger partial charge is 0.348 e. The first-order valence-corrected chi connectivity index (χ1v) is 7.87. The Hall–Kier alpha value is -2.25. The van der Waals surface area contributed by atoms with Gasteiger partial charge in [-0.05, 0) is 40.3 Å². The number of carbonyl (C=O) groups excluding carboxylic acids is 1. The van der Waals surface area contributed by atoms with E-state index in [4.69, 9.17) is 11.6 Å². The van der Waals surface area contributed by atoms with Crippen LogP contribution in [0.15, 0.2) is 53.3 Å². The summed E-state index contributed by atoms with van der Waals surface area (Å²) in [5.41, 5.74) is 1.90. The zero-order valence-corrected chi connectivity index (χ0v) is 14.1. The quantitative estimate of drug-likeness (QED) is 0.741. The Morgan fingerprint density at radius 2 is 2.09 bits per heavy atom. The van der Waals surface area contributed by atoms with Crippen molar-refractivity contribution in [2.75, 3.05) is 0 Å². The summed E-state index contributed by atoms with van der Waals surface area (Å²) in [6, 6.07) is 12.7. The lowest BCUT2D eigenvalue weighted by Crippen LogP contribution is -2.24. The molecule has 6 nitrogen and oxygen atoms in total. The highest BCUT2D eigenvalue weighted by Crippen LogP contribution is 2.20. The average molecular weight is 393 g/mol. The van der Waals surface area contributed by atoms with E-state index < -0.39 is 0 Å². The standard InChI is InChI=1S/C15H11BrClN5O/c16-11-5-6-14(22-9-19-20-21-22)12(7-11)15(23)18-8-10-3-1-2-4-13(10)17/h1-7,9H,8H2,(H,18,23). The van der Waals surface area contributed by atoms with Gasteiger partial charge in [0, 0.05) is 16.0 Å². The number of tetrazole rings is 1. The highest BCUT2D eigenvalue weighted by molar-refractivity contribution is 9.10. The molecule has 2 aromatic carbocycles. The number of hydrogen-bond donors (Lipinski definition) is 1. The normalized spacial score (nSPS) is 10.5. The topological polar surface area (TPSA) is 72.7 Å². The van der Waals surface area contributed by atoms with Gasteiger partial charge >= 0.3 is 0 Å². The van der Waals surface area contributed by atoms with Gasteiger partial charge in [-0.2, -0.15) is 4.68 Å².